The first-order chi connectivity index (χ1) is 8.58. The topological polar surface area (TPSA) is 67.4 Å². The van der Waals surface area contributed by atoms with Crippen molar-refractivity contribution in [1.29, 1.82) is 0 Å². The number of nitrogens with one attached hydrogen (secondary N) is 2. The van der Waals surface area contributed by atoms with Crippen molar-refractivity contribution in [2.24, 2.45) is 5.92 Å². The van der Waals surface area contributed by atoms with Crippen molar-refractivity contribution in [3.8, 4) is 5.75 Å². The van der Waals surface area contributed by atoms with Crippen molar-refractivity contribution in [1.82, 2.24) is 5.32 Å². The summed E-state index contributed by atoms with van der Waals surface area (Å²) in [5, 5.41) is 5.44. The second kappa shape index (κ2) is 5.08. The first-order valence-electron chi connectivity index (χ1n) is 5.92. The van der Waals surface area contributed by atoms with Gasteiger partial charge in [-0.25, -0.2) is 0 Å². The van der Waals surface area contributed by atoms with E-state index in [1.807, 2.05) is 12.1 Å². The Bertz CT molecular complexity index is 471. The number of para-hydroxylation sites is 2. The molecule has 0 fully saturated rings. The Balaban J connectivity index is 2.00. The predicted molar refractivity (Wildman–Crippen MR) is 67.3 cm³/mol. The maximum atomic E-state index is 11.8. The molecule has 0 aliphatic carbocycles. The van der Waals surface area contributed by atoms with E-state index in [-0.39, 0.29) is 24.3 Å². The molecular formula is C13H16N2O3. The number of rotatable bonds is 3. The summed E-state index contributed by atoms with van der Waals surface area (Å²) >= 11 is 0. The highest BCUT2D eigenvalue weighted by molar-refractivity contribution is 5.98. The van der Waals surface area contributed by atoms with Gasteiger partial charge in [0.1, 0.15) is 5.75 Å². The van der Waals surface area contributed by atoms with E-state index in [9.17, 15) is 9.59 Å². The van der Waals surface area contributed by atoms with Crippen molar-refractivity contribution in [3.05, 3.63) is 24.3 Å². The minimum absolute atomic E-state index is 0.0924. The molecule has 1 aliphatic rings. The Labute approximate surface area is 106 Å². The van der Waals surface area contributed by atoms with Crippen LogP contribution in [0.1, 0.15) is 13.8 Å². The maximum Gasteiger partial charge on any atom is 0.267 e. The molecule has 0 saturated carbocycles. The molecule has 1 atom stereocenters. The molecule has 1 aromatic rings. The number of anilines is 1. The van der Waals surface area contributed by atoms with Gasteiger partial charge < -0.3 is 15.4 Å². The zero-order valence-corrected chi connectivity index (χ0v) is 10.4. The summed E-state index contributed by atoms with van der Waals surface area (Å²) in [7, 11) is 0. The third-order valence-electron chi connectivity index (χ3n) is 2.69. The van der Waals surface area contributed by atoms with Crippen LogP contribution in [0.3, 0.4) is 0 Å². The molecule has 1 aromatic carbocycles. The molecule has 5 nitrogen and oxygen atoms in total. The van der Waals surface area contributed by atoms with Gasteiger partial charge in [0.25, 0.3) is 5.91 Å². The smallest absolute Gasteiger partial charge is 0.267 e. The Kier molecular flexibility index (Phi) is 3.50. The first-order valence-corrected chi connectivity index (χ1v) is 5.92. The van der Waals surface area contributed by atoms with Crippen LogP contribution in [-0.2, 0) is 9.59 Å². The van der Waals surface area contributed by atoms with Crippen LogP contribution < -0.4 is 15.4 Å². The number of hydrogen-bond acceptors (Lipinski definition) is 3. The molecule has 18 heavy (non-hydrogen) atoms. The average Bonchev–Trinajstić information content (AvgIpc) is 2.35. The van der Waals surface area contributed by atoms with Crippen LogP contribution >= 0.6 is 0 Å². The zero-order valence-electron chi connectivity index (χ0n) is 10.4. The lowest BCUT2D eigenvalue weighted by Crippen LogP contribution is -2.46. The molecule has 96 valence electrons. The van der Waals surface area contributed by atoms with E-state index in [0.29, 0.717) is 11.4 Å². The van der Waals surface area contributed by atoms with E-state index in [1.54, 1.807) is 26.0 Å². The van der Waals surface area contributed by atoms with Gasteiger partial charge in [-0.05, 0) is 12.1 Å². The Morgan fingerprint density at radius 2 is 2.17 bits per heavy atom. The predicted octanol–water partition coefficient (Wildman–Crippen LogP) is 1.16. The lowest BCUT2D eigenvalue weighted by Gasteiger charge is -2.26. The second-order valence-corrected chi connectivity index (χ2v) is 4.49. The van der Waals surface area contributed by atoms with Crippen LogP contribution in [0.15, 0.2) is 24.3 Å². The summed E-state index contributed by atoms with van der Waals surface area (Å²) in [6.45, 7) is 3.77. The second-order valence-electron chi connectivity index (χ2n) is 4.49. The number of carbonyl (C=O) groups is 2. The maximum absolute atomic E-state index is 11.8. The van der Waals surface area contributed by atoms with Crippen LogP contribution in [0.25, 0.3) is 0 Å². The standard InChI is InChI=1S/C13H16N2O3/c1-8(2)12(16)14-7-11-13(17)15-9-5-3-4-6-10(9)18-11/h3-6,8,11H,7H2,1-2H3,(H,14,16)(H,15,17). The molecule has 1 heterocycles. The van der Waals surface area contributed by atoms with Gasteiger partial charge in [0.2, 0.25) is 5.91 Å². The molecule has 2 N–H and O–H groups in total. The van der Waals surface area contributed by atoms with E-state index < -0.39 is 6.10 Å². The number of amides is 2. The Hall–Kier alpha value is -2.04. The van der Waals surface area contributed by atoms with Crippen LogP contribution in [0.5, 0.6) is 5.75 Å². The number of hydrogen-bond donors (Lipinski definition) is 2. The average molecular weight is 248 g/mol. The molecule has 0 aromatic heterocycles. The number of ether oxygens (including phenoxy) is 1. The molecule has 1 unspecified atom stereocenters. The molecule has 0 radical (unpaired) electrons. The highest BCUT2D eigenvalue weighted by Crippen LogP contribution is 2.28. The summed E-state index contributed by atoms with van der Waals surface area (Å²) in [4.78, 5) is 23.2. The third-order valence-corrected chi connectivity index (χ3v) is 2.69. The monoisotopic (exact) mass is 248 g/mol. The Morgan fingerprint density at radius 1 is 1.44 bits per heavy atom. The zero-order chi connectivity index (χ0) is 13.1. The van der Waals surface area contributed by atoms with Gasteiger partial charge >= 0.3 is 0 Å². The summed E-state index contributed by atoms with van der Waals surface area (Å²) in [5.74, 6) is 0.188. The normalized spacial score (nSPS) is 17.7. The molecule has 0 bridgehead atoms. The van der Waals surface area contributed by atoms with Crippen molar-refractivity contribution < 1.29 is 14.3 Å². The van der Waals surface area contributed by atoms with Gasteiger partial charge in [0.05, 0.1) is 12.2 Å². The van der Waals surface area contributed by atoms with E-state index in [2.05, 4.69) is 10.6 Å². The third kappa shape index (κ3) is 2.61. The van der Waals surface area contributed by atoms with Gasteiger partial charge in [-0.1, -0.05) is 26.0 Å². The quantitative estimate of drug-likeness (QED) is 0.843. The molecule has 0 spiro atoms. The molecule has 0 saturated heterocycles. The van der Waals surface area contributed by atoms with Crippen molar-refractivity contribution in [3.63, 3.8) is 0 Å². The summed E-state index contributed by atoms with van der Waals surface area (Å²) < 4.78 is 5.55. The summed E-state index contributed by atoms with van der Waals surface area (Å²) in [6.07, 6.45) is -0.678. The minimum atomic E-state index is -0.678. The number of carbonyl (C=O) groups excluding carboxylic acids is 2. The minimum Gasteiger partial charge on any atom is -0.477 e. The van der Waals surface area contributed by atoms with E-state index in [4.69, 9.17) is 4.74 Å². The van der Waals surface area contributed by atoms with Gasteiger partial charge in [0.15, 0.2) is 6.10 Å². The van der Waals surface area contributed by atoms with E-state index in [0.717, 1.165) is 0 Å². The Morgan fingerprint density at radius 3 is 2.89 bits per heavy atom. The highest BCUT2D eigenvalue weighted by Gasteiger charge is 2.27. The van der Waals surface area contributed by atoms with Crippen LogP contribution in [-0.4, -0.2) is 24.5 Å². The fourth-order valence-corrected chi connectivity index (χ4v) is 1.62. The molecular weight excluding hydrogens is 232 g/mol. The molecule has 1 aliphatic heterocycles. The summed E-state index contributed by atoms with van der Waals surface area (Å²) in [6, 6.07) is 7.21. The fraction of sp³-hybridized carbons (Fsp3) is 0.385. The van der Waals surface area contributed by atoms with E-state index in [1.165, 1.54) is 0 Å². The summed E-state index contributed by atoms with van der Waals surface area (Å²) in [5.41, 5.74) is 0.661. The highest BCUT2D eigenvalue weighted by atomic mass is 16.5. The molecule has 5 heteroatoms. The van der Waals surface area contributed by atoms with Gasteiger partial charge in [-0.3, -0.25) is 9.59 Å². The van der Waals surface area contributed by atoms with Gasteiger partial charge in [-0.15, -0.1) is 0 Å². The fourth-order valence-electron chi connectivity index (χ4n) is 1.62. The van der Waals surface area contributed by atoms with Crippen molar-refractivity contribution in [2.45, 2.75) is 20.0 Å². The van der Waals surface area contributed by atoms with Crippen LogP contribution in [0.4, 0.5) is 5.69 Å². The molecule has 2 rings (SSSR count). The van der Waals surface area contributed by atoms with Gasteiger partial charge in [-0.2, -0.15) is 0 Å². The number of fused-ring (bicyclic) bond motifs is 1. The van der Waals surface area contributed by atoms with E-state index >= 15 is 0 Å². The number of benzene rings is 1. The lowest BCUT2D eigenvalue weighted by molar-refractivity contribution is -0.126. The molecule has 2 amide bonds. The van der Waals surface area contributed by atoms with Crippen molar-refractivity contribution >= 4 is 17.5 Å². The lowest BCUT2D eigenvalue weighted by atomic mass is 10.2. The van der Waals surface area contributed by atoms with Crippen molar-refractivity contribution in [2.75, 3.05) is 11.9 Å². The van der Waals surface area contributed by atoms with Crippen LogP contribution in [0, 0.1) is 5.92 Å². The van der Waals surface area contributed by atoms with Crippen LogP contribution in [0.2, 0.25) is 0 Å². The SMILES string of the molecule is CC(C)C(=O)NCC1Oc2ccccc2NC1=O. The first kappa shape index (κ1) is 12.4. The van der Waals surface area contributed by atoms with Gasteiger partial charge in [0, 0.05) is 5.92 Å². The largest absolute Gasteiger partial charge is 0.477 e.